The molecule has 5 aromatic rings. The van der Waals surface area contributed by atoms with E-state index >= 15 is 0 Å². The van der Waals surface area contributed by atoms with Crippen LogP contribution in [-0.4, -0.2) is 4.98 Å². The van der Waals surface area contributed by atoms with Gasteiger partial charge in [-0.1, -0.05) is 56.3 Å². The van der Waals surface area contributed by atoms with Crippen molar-refractivity contribution in [3.8, 4) is 0 Å². The summed E-state index contributed by atoms with van der Waals surface area (Å²) in [5.74, 6) is 0.762. The summed E-state index contributed by atoms with van der Waals surface area (Å²) in [7, 11) is 0. The molecule has 2 heterocycles. The molecule has 1 aliphatic rings. The molecular formula is C27H25NO2. The summed E-state index contributed by atoms with van der Waals surface area (Å²) in [6.45, 7) is 6.79. The zero-order chi connectivity index (χ0) is 20.5. The Balaban J connectivity index is 1.71. The Labute approximate surface area is 175 Å². The number of oxazole rings is 1. The van der Waals surface area contributed by atoms with Crippen LogP contribution in [0.15, 0.2) is 57.6 Å². The average molecular weight is 396 g/mol. The number of nitrogens with zero attached hydrogens (tertiary/aromatic N) is 1. The van der Waals surface area contributed by atoms with Gasteiger partial charge >= 0.3 is 0 Å². The zero-order valence-corrected chi connectivity index (χ0v) is 17.7. The quantitative estimate of drug-likeness (QED) is 0.316. The van der Waals surface area contributed by atoms with Crippen LogP contribution in [0.5, 0.6) is 0 Å². The number of fused-ring (bicyclic) bond motifs is 8. The molecule has 3 nitrogen and oxygen atoms in total. The van der Waals surface area contributed by atoms with E-state index in [1.54, 1.807) is 0 Å². The Morgan fingerprint density at radius 2 is 1.83 bits per heavy atom. The molecule has 0 unspecified atom stereocenters. The van der Waals surface area contributed by atoms with Gasteiger partial charge in [-0.15, -0.1) is 0 Å². The summed E-state index contributed by atoms with van der Waals surface area (Å²) in [5.41, 5.74) is 8.12. The van der Waals surface area contributed by atoms with E-state index in [-0.39, 0.29) is 5.41 Å². The van der Waals surface area contributed by atoms with E-state index in [4.69, 9.17) is 13.8 Å². The number of furan rings is 1. The minimum Gasteiger partial charge on any atom is -0.463 e. The predicted molar refractivity (Wildman–Crippen MR) is 121 cm³/mol. The Morgan fingerprint density at radius 3 is 2.67 bits per heavy atom. The third kappa shape index (κ3) is 2.48. The SMILES string of the molecule is Cc1coc2c3ccc4c(c3c3oc(Cc5ccccc5)nc3c12)CCCC4(C)C. The lowest BCUT2D eigenvalue weighted by Crippen LogP contribution is -2.23. The van der Waals surface area contributed by atoms with E-state index in [2.05, 4.69) is 57.2 Å². The van der Waals surface area contributed by atoms with Gasteiger partial charge in [0.05, 0.1) is 11.6 Å². The number of aromatic nitrogens is 1. The normalized spacial score (nSPS) is 15.8. The van der Waals surface area contributed by atoms with E-state index in [1.807, 2.05) is 12.3 Å². The highest BCUT2D eigenvalue weighted by molar-refractivity contribution is 6.22. The summed E-state index contributed by atoms with van der Waals surface area (Å²) < 4.78 is 12.6. The molecule has 2 aromatic heterocycles. The Hall–Kier alpha value is -3.07. The van der Waals surface area contributed by atoms with Crippen molar-refractivity contribution < 1.29 is 8.83 Å². The van der Waals surface area contributed by atoms with Gasteiger partial charge in [-0.2, -0.15) is 0 Å². The molecule has 30 heavy (non-hydrogen) atoms. The Kier molecular flexibility index (Phi) is 3.68. The van der Waals surface area contributed by atoms with Gasteiger partial charge in [0, 0.05) is 17.2 Å². The molecule has 1 aliphatic carbocycles. The monoisotopic (exact) mass is 395 g/mol. The maximum Gasteiger partial charge on any atom is 0.199 e. The van der Waals surface area contributed by atoms with Gasteiger partial charge < -0.3 is 8.83 Å². The molecule has 0 spiro atoms. The molecule has 0 fully saturated rings. The van der Waals surface area contributed by atoms with Gasteiger partial charge in [-0.05, 0) is 53.9 Å². The summed E-state index contributed by atoms with van der Waals surface area (Å²) >= 11 is 0. The number of benzene rings is 3. The maximum atomic E-state index is 6.50. The molecule has 6 rings (SSSR count). The lowest BCUT2D eigenvalue weighted by Gasteiger charge is -2.33. The van der Waals surface area contributed by atoms with E-state index in [0.29, 0.717) is 6.42 Å². The third-order valence-corrected chi connectivity index (χ3v) is 6.82. The van der Waals surface area contributed by atoms with Crippen LogP contribution in [0, 0.1) is 6.92 Å². The van der Waals surface area contributed by atoms with E-state index in [0.717, 1.165) is 45.3 Å². The lowest BCUT2D eigenvalue weighted by molar-refractivity contribution is 0.433. The van der Waals surface area contributed by atoms with E-state index < -0.39 is 0 Å². The fourth-order valence-corrected chi connectivity index (χ4v) is 5.32. The fourth-order valence-electron chi connectivity index (χ4n) is 5.32. The van der Waals surface area contributed by atoms with Crippen molar-refractivity contribution in [2.75, 3.05) is 0 Å². The molecule has 0 N–H and O–H groups in total. The van der Waals surface area contributed by atoms with Gasteiger partial charge in [0.25, 0.3) is 0 Å². The first-order valence-electron chi connectivity index (χ1n) is 10.8. The largest absolute Gasteiger partial charge is 0.463 e. The molecule has 0 amide bonds. The summed E-state index contributed by atoms with van der Waals surface area (Å²) in [6.07, 6.45) is 6.02. The predicted octanol–water partition coefficient (Wildman–Crippen LogP) is 7.24. The van der Waals surface area contributed by atoms with Crippen molar-refractivity contribution in [2.24, 2.45) is 0 Å². The van der Waals surface area contributed by atoms with E-state index in [1.165, 1.54) is 34.9 Å². The van der Waals surface area contributed by atoms with Gasteiger partial charge in [-0.3, -0.25) is 0 Å². The van der Waals surface area contributed by atoms with Crippen molar-refractivity contribution >= 4 is 32.8 Å². The van der Waals surface area contributed by atoms with Crippen LogP contribution in [0.25, 0.3) is 32.8 Å². The second-order valence-electron chi connectivity index (χ2n) is 9.32. The topological polar surface area (TPSA) is 39.2 Å². The van der Waals surface area contributed by atoms with Crippen LogP contribution in [0.4, 0.5) is 0 Å². The minimum atomic E-state index is 0.176. The van der Waals surface area contributed by atoms with Crippen LogP contribution in [0.3, 0.4) is 0 Å². The standard InChI is InChI=1S/C27H25NO2/c1-16-15-29-25-19-11-12-20-18(10-7-13-27(20,2)3)23(19)26-24(22(16)25)28-21(30-26)14-17-8-5-4-6-9-17/h4-6,8-9,11-12,15H,7,10,13-14H2,1-3H3. The van der Waals surface area contributed by atoms with Gasteiger partial charge in [-0.25, -0.2) is 4.98 Å². The molecule has 150 valence electrons. The van der Waals surface area contributed by atoms with Crippen molar-refractivity contribution in [1.82, 2.24) is 4.98 Å². The highest BCUT2D eigenvalue weighted by atomic mass is 16.3. The Morgan fingerprint density at radius 1 is 1.00 bits per heavy atom. The summed E-state index contributed by atoms with van der Waals surface area (Å²) in [6, 6.07) is 14.9. The van der Waals surface area contributed by atoms with Crippen molar-refractivity contribution in [3.05, 3.63) is 76.9 Å². The molecule has 0 aliphatic heterocycles. The van der Waals surface area contributed by atoms with Crippen LogP contribution < -0.4 is 0 Å². The van der Waals surface area contributed by atoms with Crippen LogP contribution in [0.1, 0.15) is 54.8 Å². The number of rotatable bonds is 2. The fraction of sp³-hybridized carbons (Fsp3) is 0.296. The first kappa shape index (κ1) is 17.8. The van der Waals surface area contributed by atoms with Crippen molar-refractivity contribution in [1.29, 1.82) is 0 Å². The molecule has 0 saturated heterocycles. The number of aryl methyl sites for hydroxylation is 2. The molecule has 0 saturated carbocycles. The zero-order valence-electron chi connectivity index (χ0n) is 17.7. The highest BCUT2D eigenvalue weighted by Crippen LogP contribution is 2.45. The second kappa shape index (κ2) is 6.21. The summed E-state index contributed by atoms with van der Waals surface area (Å²) in [4.78, 5) is 4.98. The van der Waals surface area contributed by atoms with Crippen molar-refractivity contribution in [2.45, 2.75) is 51.9 Å². The molecule has 0 atom stereocenters. The second-order valence-corrected chi connectivity index (χ2v) is 9.32. The van der Waals surface area contributed by atoms with E-state index in [9.17, 15) is 0 Å². The average Bonchev–Trinajstić information content (AvgIpc) is 3.31. The summed E-state index contributed by atoms with van der Waals surface area (Å²) in [5, 5.41) is 3.42. The molecular weight excluding hydrogens is 370 g/mol. The molecule has 0 radical (unpaired) electrons. The highest BCUT2D eigenvalue weighted by Gasteiger charge is 2.31. The smallest absolute Gasteiger partial charge is 0.199 e. The van der Waals surface area contributed by atoms with Gasteiger partial charge in [0.2, 0.25) is 0 Å². The third-order valence-electron chi connectivity index (χ3n) is 6.82. The first-order valence-corrected chi connectivity index (χ1v) is 10.8. The lowest BCUT2D eigenvalue weighted by atomic mass is 9.71. The number of hydrogen-bond acceptors (Lipinski definition) is 3. The maximum absolute atomic E-state index is 6.50. The van der Waals surface area contributed by atoms with Gasteiger partial charge in [0.1, 0.15) is 11.1 Å². The minimum absolute atomic E-state index is 0.176. The van der Waals surface area contributed by atoms with Crippen molar-refractivity contribution in [3.63, 3.8) is 0 Å². The Bertz CT molecular complexity index is 1420. The molecule has 3 heteroatoms. The first-order chi connectivity index (χ1) is 14.5. The molecule has 3 aromatic carbocycles. The van der Waals surface area contributed by atoms with Crippen LogP contribution in [-0.2, 0) is 18.3 Å². The van der Waals surface area contributed by atoms with Crippen LogP contribution >= 0.6 is 0 Å². The molecule has 0 bridgehead atoms. The number of hydrogen-bond donors (Lipinski definition) is 0. The van der Waals surface area contributed by atoms with Gasteiger partial charge in [0.15, 0.2) is 11.5 Å². The van der Waals surface area contributed by atoms with Crippen LogP contribution in [0.2, 0.25) is 0 Å².